The summed E-state index contributed by atoms with van der Waals surface area (Å²) in [6, 6.07) is 14.2. The van der Waals surface area contributed by atoms with E-state index in [1.54, 1.807) is 66.6 Å². The second kappa shape index (κ2) is 9.41. The van der Waals surface area contributed by atoms with E-state index in [9.17, 15) is 19.5 Å². The summed E-state index contributed by atoms with van der Waals surface area (Å²) in [4.78, 5) is 44.8. The van der Waals surface area contributed by atoms with Crippen LogP contribution in [0.3, 0.4) is 0 Å². The van der Waals surface area contributed by atoms with Gasteiger partial charge in [-0.1, -0.05) is 48.6 Å². The van der Waals surface area contributed by atoms with E-state index in [1.807, 2.05) is 24.3 Å². The molecule has 6 rings (SSSR count). The molecule has 0 saturated carbocycles. The van der Waals surface area contributed by atoms with Crippen LogP contribution >= 0.6 is 0 Å². The van der Waals surface area contributed by atoms with E-state index in [0.717, 1.165) is 0 Å². The largest absolute Gasteiger partial charge is 0.497 e. The molecule has 9 heteroatoms. The smallest absolute Gasteiger partial charge is 0.313 e. The Morgan fingerprint density at radius 1 is 1.05 bits per heavy atom. The molecule has 38 heavy (non-hydrogen) atoms. The number of methoxy groups -OCH3 is 1. The van der Waals surface area contributed by atoms with E-state index < -0.39 is 54.1 Å². The molecule has 9 nitrogen and oxygen atoms in total. The number of amides is 2. The summed E-state index contributed by atoms with van der Waals surface area (Å²) in [5.41, 5.74) is -0.108. The van der Waals surface area contributed by atoms with Crippen LogP contribution in [0.1, 0.15) is 11.6 Å². The molecule has 0 bridgehead atoms. The minimum Gasteiger partial charge on any atom is -0.497 e. The molecule has 0 radical (unpaired) electrons. The van der Waals surface area contributed by atoms with Crippen LogP contribution in [0.15, 0.2) is 78.9 Å². The lowest BCUT2D eigenvalue weighted by molar-refractivity contribution is -0.153. The summed E-state index contributed by atoms with van der Waals surface area (Å²) in [6.45, 7) is -0.0706. The SMILES string of the molecule is COc1ccc(N2CC=C[C@]34O[C@@H]5C=CCOC(=O)[C@@H]5[C@H]3C(=O)N([C@H](CO)c3ccccc3)C4C2=O)cc1. The Bertz CT molecular complexity index is 1310. The van der Waals surface area contributed by atoms with Crippen molar-refractivity contribution in [2.45, 2.75) is 23.8 Å². The number of anilines is 1. The van der Waals surface area contributed by atoms with Gasteiger partial charge in [-0.05, 0) is 35.9 Å². The van der Waals surface area contributed by atoms with E-state index in [-0.39, 0.29) is 19.1 Å². The van der Waals surface area contributed by atoms with Crippen LogP contribution in [0.2, 0.25) is 0 Å². The number of cyclic esters (lactones) is 1. The van der Waals surface area contributed by atoms with Gasteiger partial charge in [-0.2, -0.15) is 0 Å². The van der Waals surface area contributed by atoms with Gasteiger partial charge in [-0.3, -0.25) is 14.4 Å². The van der Waals surface area contributed by atoms with E-state index in [4.69, 9.17) is 14.2 Å². The highest BCUT2D eigenvalue weighted by Crippen LogP contribution is 2.55. The predicted octanol–water partition coefficient (Wildman–Crippen LogP) is 2.03. The van der Waals surface area contributed by atoms with Crippen LogP contribution in [0, 0.1) is 11.8 Å². The number of carbonyl (C=O) groups is 3. The second-order valence-corrected chi connectivity index (χ2v) is 9.80. The zero-order valence-corrected chi connectivity index (χ0v) is 20.8. The molecular weight excluding hydrogens is 488 g/mol. The third-order valence-electron chi connectivity index (χ3n) is 7.93. The van der Waals surface area contributed by atoms with Crippen LogP contribution in [0.25, 0.3) is 0 Å². The molecule has 0 aliphatic carbocycles. The van der Waals surface area contributed by atoms with E-state index in [0.29, 0.717) is 17.0 Å². The molecule has 2 aromatic carbocycles. The average molecular weight is 517 g/mol. The Kier molecular flexibility index (Phi) is 6.04. The van der Waals surface area contributed by atoms with Crippen LogP contribution < -0.4 is 9.64 Å². The van der Waals surface area contributed by atoms with E-state index in [2.05, 4.69) is 0 Å². The Morgan fingerprint density at radius 2 is 1.82 bits per heavy atom. The van der Waals surface area contributed by atoms with Gasteiger partial charge in [0.15, 0.2) is 0 Å². The summed E-state index contributed by atoms with van der Waals surface area (Å²) < 4.78 is 17.2. The van der Waals surface area contributed by atoms with Crippen molar-refractivity contribution in [2.24, 2.45) is 11.8 Å². The number of ether oxygens (including phenoxy) is 3. The van der Waals surface area contributed by atoms with Crippen LogP contribution in [-0.4, -0.2) is 72.4 Å². The first-order valence-electron chi connectivity index (χ1n) is 12.6. The van der Waals surface area contributed by atoms with Crippen molar-refractivity contribution in [2.75, 3.05) is 31.8 Å². The molecule has 6 atom stereocenters. The molecule has 1 N–H and O–H groups in total. The summed E-state index contributed by atoms with van der Waals surface area (Å²) in [5.74, 6) is -2.57. The maximum absolute atomic E-state index is 14.4. The highest BCUT2D eigenvalue weighted by molar-refractivity contribution is 6.05. The molecule has 2 amide bonds. The van der Waals surface area contributed by atoms with Crippen molar-refractivity contribution in [1.82, 2.24) is 4.90 Å². The molecule has 0 aromatic heterocycles. The number of nitrogens with zero attached hydrogens (tertiary/aromatic N) is 2. The zero-order chi connectivity index (χ0) is 26.4. The molecule has 2 aromatic rings. The van der Waals surface area contributed by atoms with Gasteiger partial charge in [0.25, 0.3) is 5.91 Å². The van der Waals surface area contributed by atoms with Gasteiger partial charge in [0.05, 0.1) is 31.8 Å². The van der Waals surface area contributed by atoms with Gasteiger partial charge >= 0.3 is 5.97 Å². The van der Waals surface area contributed by atoms with Crippen LogP contribution in [0.4, 0.5) is 5.69 Å². The quantitative estimate of drug-likeness (QED) is 0.479. The number of hydrogen-bond donors (Lipinski definition) is 1. The summed E-state index contributed by atoms with van der Waals surface area (Å²) in [5, 5.41) is 10.5. The Hall–Kier alpha value is -3.95. The number of likely N-dealkylation sites (tertiary alicyclic amines) is 1. The standard InChI is InChI=1S/C29H28N2O7/c1-36-20-12-10-19(11-13-20)30-15-6-14-29-24(23-22(38-29)9-5-16-37-28(23)35)26(33)31(25(29)27(30)34)21(17-32)18-7-3-2-4-8-18/h2-14,21-25,32H,15-17H2,1H3/t21-,22-,23+,24+,25?,29+/m1/s1. The van der Waals surface area contributed by atoms with E-state index >= 15 is 0 Å². The fourth-order valence-electron chi connectivity index (χ4n) is 6.27. The van der Waals surface area contributed by atoms with Gasteiger partial charge < -0.3 is 29.1 Å². The minimum atomic E-state index is -1.41. The number of benzene rings is 2. The lowest BCUT2D eigenvalue weighted by atomic mass is 9.78. The van der Waals surface area contributed by atoms with Gasteiger partial charge in [0.2, 0.25) is 5.91 Å². The van der Waals surface area contributed by atoms with E-state index in [1.165, 1.54) is 4.90 Å². The fraction of sp³-hybridized carbons (Fsp3) is 0.345. The number of aliphatic hydroxyl groups excluding tert-OH is 1. The normalized spacial score (nSPS) is 30.7. The van der Waals surface area contributed by atoms with Crippen molar-refractivity contribution in [3.63, 3.8) is 0 Å². The minimum absolute atomic E-state index is 0.0968. The first-order valence-corrected chi connectivity index (χ1v) is 12.6. The average Bonchev–Trinajstić information content (AvgIpc) is 3.24. The third-order valence-corrected chi connectivity index (χ3v) is 7.93. The molecule has 4 heterocycles. The number of esters is 1. The lowest BCUT2D eigenvalue weighted by Crippen LogP contribution is -2.56. The molecule has 4 aliphatic rings. The highest BCUT2D eigenvalue weighted by Gasteiger charge is 2.72. The topological polar surface area (TPSA) is 106 Å². The van der Waals surface area contributed by atoms with Crippen molar-refractivity contribution in [3.8, 4) is 5.75 Å². The Labute approximate surface area is 219 Å². The number of carbonyl (C=O) groups excluding carboxylic acids is 3. The van der Waals surface area contributed by atoms with Crippen LogP contribution in [0.5, 0.6) is 5.75 Å². The molecule has 4 aliphatic heterocycles. The van der Waals surface area contributed by atoms with Crippen molar-refractivity contribution >= 4 is 23.5 Å². The molecule has 1 spiro atoms. The van der Waals surface area contributed by atoms with Crippen molar-refractivity contribution < 1.29 is 33.7 Å². The van der Waals surface area contributed by atoms with Gasteiger partial charge in [0, 0.05) is 12.2 Å². The second-order valence-electron chi connectivity index (χ2n) is 9.80. The highest BCUT2D eigenvalue weighted by atomic mass is 16.6. The van der Waals surface area contributed by atoms with Crippen LogP contribution in [-0.2, 0) is 23.9 Å². The molecule has 196 valence electrons. The van der Waals surface area contributed by atoms with Crippen molar-refractivity contribution in [3.05, 3.63) is 84.5 Å². The van der Waals surface area contributed by atoms with Gasteiger partial charge in [-0.25, -0.2) is 0 Å². The van der Waals surface area contributed by atoms with Gasteiger partial charge in [0.1, 0.15) is 29.9 Å². The van der Waals surface area contributed by atoms with Gasteiger partial charge in [-0.15, -0.1) is 0 Å². The summed E-state index contributed by atoms with van der Waals surface area (Å²) in [7, 11) is 1.57. The number of aliphatic hydroxyl groups is 1. The zero-order valence-electron chi connectivity index (χ0n) is 20.8. The third kappa shape index (κ3) is 3.57. The molecule has 2 fully saturated rings. The number of fused-ring (bicyclic) bond motifs is 2. The first-order chi connectivity index (χ1) is 18.5. The summed E-state index contributed by atoms with van der Waals surface area (Å²) >= 11 is 0. The first kappa shape index (κ1) is 24.4. The number of hydrogen-bond acceptors (Lipinski definition) is 7. The molecule has 2 saturated heterocycles. The number of rotatable bonds is 5. The van der Waals surface area contributed by atoms with Crippen molar-refractivity contribution in [1.29, 1.82) is 0 Å². The summed E-state index contributed by atoms with van der Waals surface area (Å²) in [6.07, 6.45) is 6.30. The molecular formula is C29H28N2O7. The molecule has 1 unspecified atom stereocenters. The maximum atomic E-state index is 14.4. The monoisotopic (exact) mass is 516 g/mol. The fourth-order valence-corrected chi connectivity index (χ4v) is 6.27. The maximum Gasteiger partial charge on any atom is 0.313 e. The Morgan fingerprint density at radius 3 is 2.53 bits per heavy atom. The Balaban J connectivity index is 1.50. The predicted molar refractivity (Wildman–Crippen MR) is 136 cm³/mol. The lowest BCUT2D eigenvalue weighted by Gasteiger charge is -2.38.